The summed E-state index contributed by atoms with van der Waals surface area (Å²) in [6.45, 7) is 1.72. The largest absolute Gasteiger partial charge is 0.381 e. The molecule has 0 saturated carbocycles. The average Bonchev–Trinajstić information content (AvgIpc) is 2.41. The van der Waals surface area contributed by atoms with Crippen molar-refractivity contribution in [1.29, 1.82) is 0 Å². The fraction of sp³-hybridized carbons (Fsp3) is 0.133. The van der Waals surface area contributed by atoms with Crippen molar-refractivity contribution in [3.63, 3.8) is 0 Å². The van der Waals surface area contributed by atoms with E-state index in [1.807, 2.05) is 42.5 Å². The lowest BCUT2D eigenvalue weighted by molar-refractivity contribution is -0.105. The van der Waals surface area contributed by atoms with E-state index in [0.717, 1.165) is 5.56 Å². The number of benzene rings is 2. The van der Waals surface area contributed by atoms with Gasteiger partial charge < -0.3 is 10.4 Å². The molecule has 3 nitrogen and oxygen atoms in total. The fourth-order valence-electron chi connectivity index (χ4n) is 2.02. The molecule has 0 aliphatic carbocycles. The zero-order chi connectivity index (χ0) is 13.0. The molecule has 2 rings (SSSR count). The van der Waals surface area contributed by atoms with Crippen LogP contribution in [0.4, 0.5) is 5.69 Å². The van der Waals surface area contributed by atoms with Gasteiger partial charge in [0.25, 0.3) is 0 Å². The van der Waals surface area contributed by atoms with Crippen LogP contribution in [0.1, 0.15) is 18.1 Å². The van der Waals surface area contributed by atoms with E-state index < -0.39 is 5.60 Å². The lowest BCUT2D eigenvalue weighted by Crippen LogP contribution is -2.24. The molecule has 2 N–H and O–H groups in total. The van der Waals surface area contributed by atoms with Crippen molar-refractivity contribution in [2.75, 3.05) is 5.32 Å². The third-order valence-electron chi connectivity index (χ3n) is 3.00. The van der Waals surface area contributed by atoms with Crippen LogP contribution in [-0.2, 0) is 10.4 Å². The molecular weight excluding hydrogens is 226 g/mol. The first-order valence-electron chi connectivity index (χ1n) is 5.74. The number of anilines is 1. The van der Waals surface area contributed by atoms with Crippen molar-refractivity contribution in [3.05, 3.63) is 65.7 Å². The van der Waals surface area contributed by atoms with Crippen LogP contribution in [0.2, 0.25) is 0 Å². The highest BCUT2D eigenvalue weighted by Gasteiger charge is 2.27. The van der Waals surface area contributed by atoms with E-state index in [2.05, 4.69) is 5.32 Å². The summed E-state index contributed by atoms with van der Waals surface area (Å²) in [7, 11) is 0. The molecule has 2 aromatic rings. The lowest BCUT2D eigenvalue weighted by atomic mass is 9.87. The van der Waals surface area contributed by atoms with Crippen molar-refractivity contribution in [3.8, 4) is 0 Å². The van der Waals surface area contributed by atoms with E-state index in [0.29, 0.717) is 17.7 Å². The Morgan fingerprint density at radius 1 is 1.06 bits per heavy atom. The van der Waals surface area contributed by atoms with Gasteiger partial charge in [0.2, 0.25) is 6.41 Å². The van der Waals surface area contributed by atoms with Crippen LogP contribution >= 0.6 is 0 Å². The Bertz CT molecular complexity index is 535. The van der Waals surface area contributed by atoms with Gasteiger partial charge in [0.1, 0.15) is 5.60 Å². The number of nitrogens with one attached hydrogen (secondary N) is 1. The molecule has 3 heteroatoms. The highest BCUT2D eigenvalue weighted by atomic mass is 16.3. The molecule has 0 fully saturated rings. The Labute approximate surface area is 106 Å². The number of carbonyl (C=O) groups is 1. The van der Waals surface area contributed by atoms with Crippen LogP contribution < -0.4 is 5.32 Å². The van der Waals surface area contributed by atoms with Crippen molar-refractivity contribution in [1.82, 2.24) is 0 Å². The Morgan fingerprint density at radius 3 is 2.33 bits per heavy atom. The molecule has 1 unspecified atom stereocenters. The molecule has 2 aromatic carbocycles. The fourth-order valence-corrected chi connectivity index (χ4v) is 2.02. The second-order valence-corrected chi connectivity index (χ2v) is 4.25. The van der Waals surface area contributed by atoms with Crippen molar-refractivity contribution in [2.45, 2.75) is 12.5 Å². The van der Waals surface area contributed by atoms with E-state index in [1.165, 1.54) is 0 Å². The van der Waals surface area contributed by atoms with Crippen LogP contribution in [0.5, 0.6) is 0 Å². The lowest BCUT2D eigenvalue weighted by Gasteiger charge is -2.26. The smallest absolute Gasteiger partial charge is 0.211 e. The van der Waals surface area contributed by atoms with Gasteiger partial charge >= 0.3 is 0 Å². The third-order valence-corrected chi connectivity index (χ3v) is 3.00. The first-order chi connectivity index (χ1) is 8.66. The molecule has 0 radical (unpaired) electrons. The zero-order valence-electron chi connectivity index (χ0n) is 10.1. The minimum Gasteiger partial charge on any atom is -0.381 e. The van der Waals surface area contributed by atoms with E-state index in [1.54, 1.807) is 19.1 Å². The van der Waals surface area contributed by atoms with Gasteiger partial charge in [0, 0.05) is 11.3 Å². The standard InChI is InChI=1S/C15H15NO2/c1-15(18,12-7-3-2-4-8-12)13-9-5-6-10-14(13)16-11-17/h2-11,18H,1H3,(H,16,17). The molecule has 1 atom stereocenters. The highest BCUT2D eigenvalue weighted by Crippen LogP contribution is 2.33. The molecule has 0 heterocycles. The molecular formula is C15H15NO2. The number of amides is 1. The maximum atomic E-state index is 10.7. The summed E-state index contributed by atoms with van der Waals surface area (Å²) in [6, 6.07) is 16.6. The van der Waals surface area contributed by atoms with Crippen molar-refractivity contribution < 1.29 is 9.90 Å². The van der Waals surface area contributed by atoms with Crippen LogP contribution in [0, 0.1) is 0 Å². The number of rotatable bonds is 4. The predicted octanol–water partition coefficient (Wildman–Crippen LogP) is 2.51. The Hall–Kier alpha value is -2.13. The number of para-hydroxylation sites is 1. The maximum Gasteiger partial charge on any atom is 0.211 e. The van der Waals surface area contributed by atoms with Crippen molar-refractivity contribution >= 4 is 12.1 Å². The molecule has 0 aliphatic heterocycles. The van der Waals surface area contributed by atoms with E-state index in [9.17, 15) is 9.90 Å². The summed E-state index contributed by atoms with van der Waals surface area (Å²) in [6.07, 6.45) is 0.611. The molecule has 0 spiro atoms. The van der Waals surface area contributed by atoms with Crippen LogP contribution in [0.15, 0.2) is 54.6 Å². The third kappa shape index (κ3) is 2.26. The minimum absolute atomic E-state index is 0.611. The van der Waals surface area contributed by atoms with Gasteiger partial charge in [-0.2, -0.15) is 0 Å². The topological polar surface area (TPSA) is 49.3 Å². The molecule has 0 bridgehead atoms. The molecule has 0 aliphatic rings. The summed E-state index contributed by atoms with van der Waals surface area (Å²) in [5.74, 6) is 0. The van der Waals surface area contributed by atoms with Crippen molar-refractivity contribution in [2.24, 2.45) is 0 Å². The highest BCUT2D eigenvalue weighted by molar-refractivity contribution is 5.74. The predicted molar refractivity (Wildman–Crippen MR) is 71.2 cm³/mol. The Morgan fingerprint density at radius 2 is 1.67 bits per heavy atom. The molecule has 92 valence electrons. The second kappa shape index (κ2) is 5.02. The van der Waals surface area contributed by atoms with Gasteiger partial charge in [-0.3, -0.25) is 4.79 Å². The molecule has 0 aromatic heterocycles. The molecule has 1 amide bonds. The van der Waals surface area contributed by atoms with Gasteiger partial charge in [-0.1, -0.05) is 48.5 Å². The van der Waals surface area contributed by atoms with E-state index >= 15 is 0 Å². The number of carbonyl (C=O) groups excluding carboxylic acids is 1. The zero-order valence-corrected chi connectivity index (χ0v) is 10.1. The Balaban J connectivity index is 2.50. The van der Waals surface area contributed by atoms with Gasteiger partial charge in [0.15, 0.2) is 0 Å². The number of hydrogen-bond donors (Lipinski definition) is 2. The molecule has 18 heavy (non-hydrogen) atoms. The minimum atomic E-state index is -1.14. The first kappa shape index (κ1) is 12.3. The number of aliphatic hydroxyl groups is 1. The Kier molecular flexibility index (Phi) is 3.44. The van der Waals surface area contributed by atoms with E-state index in [-0.39, 0.29) is 0 Å². The quantitative estimate of drug-likeness (QED) is 0.808. The maximum absolute atomic E-state index is 10.7. The summed E-state index contributed by atoms with van der Waals surface area (Å²) >= 11 is 0. The van der Waals surface area contributed by atoms with Crippen LogP contribution in [0.3, 0.4) is 0 Å². The molecule has 0 saturated heterocycles. The monoisotopic (exact) mass is 241 g/mol. The summed E-state index contributed by atoms with van der Waals surface area (Å²) in [5, 5.41) is 13.3. The first-order valence-corrected chi connectivity index (χ1v) is 5.74. The average molecular weight is 241 g/mol. The van der Waals surface area contributed by atoms with Crippen LogP contribution in [0.25, 0.3) is 0 Å². The van der Waals surface area contributed by atoms with Gasteiger partial charge in [-0.05, 0) is 18.6 Å². The van der Waals surface area contributed by atoms with E-state index in [4.69, 9.17) is 0 Å². The van der Waals surface area contributed by atoms with Gasteiger partial charge in [0.05, 0.1) is 0 Å². The summed E-state index contributed by atoms with van der Waals surface area (Å²) in [4.78, 5) is 10.6. The summed E-state index contributed by atoms with van der Waals surface area (Å²) in [5.41, 5.74) is 0.920. The van der Waals surface area contributed by atoms with Gasteiger partial charge in [-0.15, -0.1) is 0 Å². The summed E-state index contributed by atoms with van der Waals surface area (Å²) < 4.78 is 0. The normalized spacial score (nSPS) is 13.7. The van der Waals surface area contributed by atoms with Crippen LogP contribution in [-0.4, -0.2) is 11.5 Å². The van der Waals surface area contributed by atoms with Gasteiger partial charge in [-0.25, -0.2) is 0 Å². The second-order valence-electron chi connectivity index (χ2n) is 4.25. The number of hydrogen-bond acceptors (Lipinski definition) is 2. The SMILES string of the molecule is CC(O)(c1ccccc1)c1ccccc1NC=O.